The number of thiocarbonyl (C=S) groups is 1. The molecular formula is C13H18N4O2S. The molecule has 0 aromatic heterocycles. The number of hydrazone groups is 1. The van der Waals surface area contributed by atoms with E-state index in [2.05, 4.69) is 15.8 Å². The van der Waals surface area contributed by atoms with Gasteiger partial charge in [0.15, 0.2) is 5.11 Å². The molecule has 0 aliphatic heterocycles. The molecule has 0 bridgehead atoms. The average Bonchev–Trinajstić information content (AvgIpc) is 2.40. The number of nitrogens with two attached hydrogens (primary N) is 1. The van der Waals surface area contributed by atoms with Gasteiger partial charge in [0.2, 0.25) is 0 Å². The standard InChI is InChI=1S/C13H18N4O2S/c1-9(10-4-2-5-11(14)8-10)16-17-13(20)15-7-3-6-12(18)19/h2,4-5,8H,3,6-7,14H2,1H3,(H,18,19)(H2,15,17,20)/b16-9+. The molecule has 1 rings (SSSR count). The summed E-state index contributed by atoms with van der Waals surface area (Å²) in [6.45, 7) is 2.33. The Bertz CT molecular complexity index is 517. The van der Waals surface area contributed by atoms with Gasteiger partial charge >= 0.3 is 5.97 Å². The number of hydrogen-bond donors (Lipinski definition) is 4. The smallest absolute Gasteiger partial charge is 0.303 e. The first-order chi connectivity index (χ1) is 9.49. The van der Waals surface area contributed by atoms with Crippen LogP contribution in [-0.2, 0) is 4.79 Å². The first kappa shape index (κ1) is 15.9. The van der Waals surface area contributed by atoms with Gasteiger partial charge in [-0.25, -0.2) is 0 Å². The molecule has 5 N–H and O–H groups in total. The third-order valence-corrected chi connectivity index (χ3v) is 2.72. The number of anilines is 1. The van der Waals surface area contributed by atoms with Gasteiger partial charge in [0.05, 0.1) is 5.71 Å². The molecular weight excluding hydrogens is 276 g/mol. The van der Waals surface area contributed by atoms with Gasteiger partial charge < -0.3 is 16.2 Å². The monoisotopic (exact) mass is 294 g/mol. The van der Waals surface area contributed by atoms with Crippen molar-refractivity contribution >= 4 is 34.7 Å². The Balaban J connectivity index is 2.39. The largest absolute Gasteiger partial charge is 0.481 e. The van der Waals surface area contributed by atoms with Crippen LogP contribution >= 0.6 is 12.2 Å². The predicted molar refractivity (Wildman–Crippen MR) is 83.7 cm³/mol. The van der Waals surface area contributed by atoms with Gasteiger partial charge in [-0.1, -0.05) is 12.1 Å². The van der Waals surface area contributed by atoms with Crippen LogP contribution in [0.1, 0.15) is 25.3 Å². The molecule has 1 aromatic rings. The predicted octanol–water partition coefficient (Wildman–Crippen LogP) is 1.32. The van der Waals surface area contributed by atoms with Crippen LogP contribution in [0.25, 0.3) is 0 Å². The average molecular weight is 294 g/mol. The number of nitrogens with one attached hydrogen (secondary N) is 2. The fourth-order valence-electron chi connectivity index (χ4n) is 1.44. The molecule has 0 unspecified atom stereocenters. The lowest BCUT2D eigenvalue weighted by molar-refractivity contribution is -0.137. The molecule has 0 radical (unpaired) electrons. The van der Waals surface area contributed by atoms with Gasteiger partial charge in [-0.15, -0.1) is 0 Å². The van der Waals surface area contributed by atoms with Crippen LogP contribution in [0.15, 0.2) is 29.4 Å². The van der Waals surface area contributed by atoms with E-state index in [1.165, 1.54) is 0 Å². The van der Waals surface area contributed by atoms with Gasteiger partial charge in [-0.05, 0) is 43.3 Å². The molecule has 6 nitrogen and oxygen atoms in total. The van der Waals surface area contributed by atoms with Gasteiger partial charge in [0.25, 0.3) is 0 Å². The summed E-state index contributed by atoms with van der Waals surface area (Å²) in [4.78, 5) is 10.3. The van der Waals surface area contributed by atoms with Gasteiger partial charge in [0.1, 0.15) is 0 Å². The zero-order valence-corrected chi connectivity index (χ0v) is 12.0. The maximum atomic E-state index is 10.3. The highest BCUT2D eigenvalue weighted by Gasteiger charge is 2.00. The minimum atomic E-state index is -0.818. The minimum absolute atomic E-state index is 0.112. The second-order valence-electron chi connectivity index (χ2n) is 4.19. The van der Waals surface area contributed by atoms with Crippen LogP contribution in [0.4, 0.5) is 5.69 Å². The SMILES string of the molecule is C/C(=N\NC(=S)NCCCC(=O)O)c1cccc(N)c1. The molecule has 0 amide bonds. The van der Waals surface area contributed by atoms with E-state index in [4.69, 9.17) is 23.1 Å². The normalized spacial score (nSPS) is 10.9. The van der Waals surface area contributed by atoms with Crippen LogP contribution in [0, 0.1) is 0 Å². The van der Waals surface area contributed by atoms with E-state index in [9.17, 15) is 4.79 Å². The summed E-state index contributed by atoms with van der Waals surface area (Å²) in [6.07, 6.45) is 0.621. The van der Waals surface area contributed by atoms with Crippen molar-refractivity contribution in [2.75, 3.05) is 12.3 Å². The van der Waals surface area contributed by atoms with Gasteiger partial charge in [-0.2, -0.15) is 5.10 Å². The molecule has 0 spiro atoms. The van der Waals surface area contributed by atoms with Crippen molar-refractivity contribution < 1.29 is 9.90 Å². The number of rotatable bonds is 6. The summed E-state index contributed by atoms with van der Waals surface area (Å²) in [5.41, 5.74) is 10.7. The van der Waals surface area contributed by atoms with E-state index in [1.54, 1.807) is 6.07 Å². The topological polar surface area (TPSA) is 99.7 Å². The van der Waals surface area contributed by atoms with Crippen molar-refractivity contribution in [1.82, 2.24) is 10.7 Å². The number of carboxylic acid groups (broad SMARTS) is 1. The van der Waals surface area contributed by atoms with Gasteiger partial charge in [-0.3, -0.25) is 10.2 Å². The molecule has 7 heteroatoms. The molecule has 108 valence electrons. The molecule has 20 heavy (non-hydrogen) atoms. The number of carbonyl (C=O) groups is 1. The number of hydrogen-bond acceptors (Lipinski definition) is 4. The van der Waals surface area contributed by atoms with Crippen molar-refractivity contribution in [3.63, 3.8) is 0 Å². The summed E-state index contributed by atoms with van der Waals surface area (Å²) in [5.74, 6) is -0.818. The lowest BCUT2D eigenvalue weighted by Gasteiger charge is -2.07. The van der Waals surface area contributed by atoms with Crippen molar-refractivity contribution in [1.29, 1.82) is 0 Å². The Labute approximate surface area is 123 Å². The van der Waals surface area contributed by atoms with E-state index in [0.29, 0.717) is 23.8 Å². The number of nitrogen functional groups attached to an aromatic ring is 1. The third-order valence-electron chi connectivity index (χ3n) is 2.48. The van der Waals surface area contributed by atoms with Crippen molar-refractivity contribution in [2.45, 2.75) is 19.8 Å². The Kier molecular flexibility index (Phi) is 6.45. The second kappa shape index (κ2) is 8.11. The van der Waals surface area contributed by atoms with Crippen molar-refractivity contribution in [3.8, 4) is 0 Å². The maximum absolute atomic E-state index is 10.3. The fourth-order valence-corrected chi connectivity index (χ4v) is 1.59. The van der Waals surface area contributed by atoms with E-state index >= 15 is 0 Å². The Morgan fingerprint density at radius 1 is 1.50 bits per heavy atom. The zero-order valence-electron chi connectivity index (χ0n) is 11.2. The summed E-state index contributed by atoms with van der Waals surface area (Å²) in [7, 11) is 0. The second-order valence-corrected chi connectivity index (χ2v) is 4.60. The van der Waals surface area contributed by atoms with E-state index in [-0.39, 0.29) is 6.42 Å². The highest BCUT2D eigenvalue weighted by molar-refractivity contribution is 7.80. The lowest BCUT2D eigenvalue weighted by Crippen LogP contribution is -2.33. The molecule has 0 saturated heterocycles. The van der Waals surface area contributed by atoms with E-state index in [1.807, 2.05) is 25.1 Å². The number of benzene rings is 1. The van der Waals surface area contributed by atoms with E-state index < -0.39 is 5.97 Å². The lowest BCUT2D eigenvalue weighted by atomic mass is 10.1. The molecule has 0 atom stereocenters. The van der Waals surface area contributed by atoms with E-state index in [0.717, 1.165) is 11.3 Å². The van der Waals surface area contributed by atoms with Crippen LogP contribution in [0.3, 0.4) is 0 Å². The quantitative estimate of drug-likeness (QED) is 0.208. The van der Waals surface area contributed by atoms with Gasteiger partial charge in [0, 0.05) is 18.7 Å². The number of aliphatic carboxylic acids is 1. The first-order valence-corrected chi connectivity index (χ1v) is 6.55. The summed E-state index contributed by atoms with van der Waals surface area (Å²) < 4.78 is 0. The molecule has 0 saturated carbocycles. The number of nitrogens with zero attached hydrogens (tertiary/aromatic N) is 1. The fraction of sp³-hybridized carbons (Fsp3) is 0.308. The Hall–Kier alpha value is -2.15. The molecule has 0 aliphatic carbocycles. The highest BCUT2D eigenvalue weighted by Crippen LogP contribution is 2.07. The molecule has 0 aliphatic rings. The highest BCUT2D eigenvalue weighted by atomic mass is 32.1. The summed E-state index contributed by atoms with van der Waals surface area (Å²) in [6, 6.07) is 7.38. The Morgan fingerprint density at radius 3 is 2.90 bits per heavy atom. The summed E-state index contributed by atoms with van der Waals surface area (Å²) >= 11 is 5.03. The van der Waals surface area contributed by atoms with Crippen LogP contribution in [-0.4, -0.2) is 28.4 Å². The number of carboxylic acids is 1. The van der Waals surface area contributed by atoms with Crippen LogP contribution < -0.4 is 16.5 Å². The molecule has 0 heterocycles. The molecule has 0 fully saturated rings. The minimum Gasteiger partial charge on any atom is -0.481 e. The maximum Gasteiger partial charge on any atom is 0.303 e. The zero-order chi connectivity index (χ0) is 15.0. The van der Waals surface area contributed by atoms with Crippen LogP contribution in [0.5, 0.6) is 0 Å². The molecule has 1 aromatic carbocycles. The summed E-state index contributed by atoms with van der Waals surface area (Å²) in [5, 5.41) is 15.9. The third kappa shape index (κ3) is 6.14. The van der Waals surface area contributed by atoms with Crippen LogP contribution in [0.2, 0.25) is 0 Å². The Morgan fingerprint density at radius 2 is 2.25 bits per heavy atom. The van der Waals surface area contributed by atoms with Crippen molar-refractivity contribution in [2.24, 2.45) is 5.10 Å². The first-order valence-electron chi connectivity index (χ1n) is 6.15. The van der Waals surface area contributed by atoms with Crippen molar-refractivity contribution in [3.05, 3.63) is 29.8 Å².